The molecule has 1 saturated heterocycles. The summed E-state index contributed by atoms with van der Waals surface area (Å²) in [6, 6.07) is 1.60. The molecular formula is C9H11BrN2O2. The smallest absolute Gasteiger partial charge is 0.276 e. The molecule has 1 fully saturated rings. The Morgan fingerprint density at radius 1 is 1.71 bits per heavy atom. The fourth-order valence-electron chi connectivity index (χ4n) is 1.59. The molecule has 1 aromatic rings. The summed E-state index contributed by atoms with van der Waals surface area (Å²) in [6.45, 7) is 1.57. The van der Waals surface area contributed by atoms with Crippen molar-refractivity contribution >= 4 is 21.8 Å². The standard InChI is InChI=1S/C9H11BrN2O2/c10-7-2-1-4-12(6-7)9(13)8-3-5-14-11-8/h3,5,7H,1-2,4,6H2. The average Bonchev–Trinajstić information content (AvgIpc) is 2.69. The monoisotopic (exact) mass is 258 g/mol. The molecule has 0 radical (unpaired) electrons. The number of amides is 1. The molecule has 1 atom stereocenters. The highest BCUT2D eigenvalue weighted by atomic mass is 79.9. The lowest BCUT2D eigenvalue weighted by atomic mass is 10.1. The predicted octanol–water partition coefficient (Wildman–Crippen LogP) is 1.67. The van der Waals surface area contributed by atoms with Gasteiger partial charge in [-0.2, -0.15) is 0 Å². The van der Waals surface area contributed by atoms with Crippen LogP contribution in [0.25, 0.3) is 0 Å². The van der Waals surface area contributed by atoms with Crippen molar-refractivity contribution in [3.8, 4) is 0 Å². The van der Waals surface area contributed by atoms with E-state index in [1.165, 1.54) is 6.26 Å². The van der Waals surface area contributed by atoms with E-state index in [9.17, 15) is 4.79 Å². The summed E-state index contributed by atoms with van der Waals surface area (Å²) < 4.78 is 4.64. The molecule has 2 heterocycles. The SMILES string of the molecule is O=C(c1ccon1)N1CCCC(Br)C1. The quantitative estimate of drug-likeness (QED) is 0.721. The number of carbonyl (C=O) groups excluding carboxylic acids is 1. The normalized spacial score (nSPS) is 22.4. The van der Waals surface area contributed by atoms with E-state index in [0.717, 1.165) is 25.9 Å². The fourth-order valence-corrected chi connectivity index (χ4v) is 2.27. The Morgan fingerprint density at radius 3 is 3.21 bits per heavy atom. The third kappa shape index (κ3) is 1.97. The predicted molar refractivity (Wildman–Crippen MR) is 54.4 cm³/mol. The minimum Gasteiger partial charge on any atom is -0.364 e. The number of piperidine rings is 1. The van der Waals surface area contributed by atoms with Crippen LogP contribution in [-0.2, 0) is 0 Å². The van der Waals surface area contributed by atoms with Gasteiger partial charge in [0.25, 0.3) is 5.91 Å². The number of hydrogen-bond acceptors (Lipinski definition) is 3. The van der Waals surface area contributed by atoms with Gasteiger partial charge in [0.15, 0.2) is 5.69 Å². The second-order valence-corrected chi connectivity index (χ2v) is 4.67. The van der Waals surface area contributed by atoms with Crippen molar-refractivity contribution < 1.29 is 9.32 Å². The topological polar surface area (TPSA) is 46.3 Å². The van der Waals surface area contributed by atoms with Crippen molar-refractivity contribution in [2.75, 3.05) is 13.1 Å². The van der Waals surface area contributed by atoms with E-state index in [4.69, 9.17) is 0 Å². The lowest BCUT2D eigenvalue weighted by molar-refractivity contribution is 0.0719. The number of likely N-dealkylation sites (tertiary alicyclic amines) is 1. The first-order chi connectivity index (χ1) is 6.77. The summed E-state index contributed by atoms with van der Waals surface area (Å²) in [4.78, 5) is 14.0. The van der Waals surface area contributed by atoms with Crippen LogP contribution in [0.2, 0.25) is 0 Å². The van der Waals surface area contributed by atoms with E-state index in [1.54, 1.807) is 11.0 Å². The fraction of sp³-hybridized carbons (Fsp3) is 0.556. The van der Waals surface area contributed by atoms with Crippen LogP contribution in [0.15, 0.2) is 16.9 Å². The number of aromatic nitrogens is 1. The lowest BCUT2D eigenvalue weighted by Gasteiger charge is -2.29. The molecular weight excluding hydrogens is 248 g/mol. The highest BCUT2D eigenvalue weighted by Gasteiger charge is 2.24. The van der Waals surface area contributed by atoms with Crippen LogP contribution in [0, 0.1) is 0 Å². The van der Waals surface area contributed by atoms with Gasteiger partial charge in [-0.25, -0.2) is 0 Å². The summed E-state index contributed by atoms with van der Waals surface area (Å²) in [7, 11) is 0. The number of carbonyl (C=O) groups is 1. The molecule has 0 N–H and O–H groups in total. The zero-order valence-electron chi connectivity index (χ0n) is 7.65. The van der Waals surface area contributed by atoms with E-state index >= 15 is 0 Å². The van der Waals surface area contributed by atoms with Crippen molar-refractivity contribution in [2.45, 2.75) is 17.7 Å². The third-order valence-corrected chi connectivity index (χ3v) is 3.06. The van der Waals surface area contributed by atoms with E-state index in [-0.39, 0.29) is 5.91 Å². The zero-order valence-corrected chi connectivity index (χ0v) is 9.24. The van der Waals surface area contributed by atoms with Crippen LogP contribution < -0.4 is 0 Å². The second-order valence-electron chi connectivity index (χ2n) is 3.38. The second kappa shape index (κ2) is 4.13. The molecule has 76 valence electrons. The molecule has 0 aliphatic carbocycles. The molecule has 0 saturated carbocycles. The molecule has 0 bridgehead atoms. The van der Waals surface area contributed by atoms with Crippen molar-refractivity contribution in [2.24, 2.45) is 0 Å². The molecule has 14 heavy (non-hydrogen) atoms. The molecule has 1 aliphatic heterocycles. The Balaban J connectivity index is 2.04. The number of halogens is 1. The average molecular weight is 259 g/mol. The summed E-state index contributed by atoms with van der Waals surface area (Å²) in [5.41, 5.74) is 0.395. The van der Waals surface area contributed by atoms with Crippen molar-refractivity contribution in [3.05, 3.63) is 18.0 Å². The largest absolute Gasteiger partial charge is 0.364 e. The Morgan fingerprint density at radius 2 is 2.57 bits per heavy atom. The minimum absolute atomic E-state index is 0.0390. The molecule has 4 nitrogen and oxygen atoms in total. The first-order valence-corrected chi connectivity index (χ1v) is 5.52. The number of hydrogen-bond donors (Lipinski definition) is 0. The first-order valence-electron chi connectivity index (χ1n) is 4.61. The van der Waals surface area contributed by atoms with Gasteiger partial charge < -0.3 is 9.42 Å². The molecule has 1 aromatic heterocycles. The number of alkyl halides is 1. The van der Waals surface area contributed by atoms with Crippen molar-refractivity contribution in [1.82, 2.24) is 10.1 Å². The maximum absolute atomic E-state index is 11.8. The highest BCUT2D eigenvalue weighted by Crippen LogP contribution is 2.18. The van der Waals surface area contributed by atoms with Crippen LogP contribution >= 0.6 is 15.9 Å². The van der Waals surface area contributed by atoms with Crippen LogP contribution in [0.5, 0.6) is 0 Å². The van der Waals surface area contributed by atoms with E-state index in [0.29, 0.717) is 10.5 Å². The summed E-state index contributed by atoms with van der Waals surface area (Å²) >= 11 is 3.52. The Bertz CT molecular complexity index is 313. The third-order valence-electron chi connectivity index (χ3n) is 2.31. The van der Waals surface area contributed by atoms with Gasteiger partial charge in [0.2, 0.25) is 0 Å². The van der Waals surface area contributed by atoms with Crippen LogP contribution in [0.1, 0.15) is 23.3 Å². The van der Waals surface area contributed by atoms with E-state index in [2.05, 4.69) is 25.6 Å². The molecule has 0 spiro atoms. The Kier molecular flexibility index (Phi) is 2.86. The summed E-state index contributed by atoms with van der Waals surface area (Å²) in [5, 5.41) is 3.63. The van der Waals surface area contributed by atoms with Crippen molar-refractivity contribution in [3.63, 3.8) is 0 Å². The van der Waals surface area contributed by atoms with Crippen LogP contribution in [0.4, 0.5) is 0 Å². The maximum Gasteiger partial charge on any atom is 0.276 e. The van der Waals surface area contributed by atoms with Crippen LogP contribution in [-0.4, -0.2) is 33.9 Å². The zero-order chi connectivity index (χ0) is 9.97. The summed E-state index contributed by atoms with van der Waals surface area (Å²) in [6.07, 6.45) is 3.59. The number of rotatable bonds is 1. The number of nitrogens with zero attached hydrogens (tertiary/aromatic N) is 2. The van der Waals surface area contributed by atoms with Gasteiger partial charge in [-0.3, -0.25) is 4.79 Å². The van der Waals surface area contributed by atoms with E-state index < -0.39 is 0 Å². The molecule has 5 heteroatoms. The molecule has 0 aromatic carbocycles. The van der Waals surface area contributed by atoms with Crippen molar-refractivity contribution in [1.29, 1.82) is 0 Å². The molecule has 2 rings (SSSR count). The van der Waals surface area contributed by atoms with Gasteiger partial charge in [0.1, 0.15) is 6.26 Å². The first kappa shape index (κ1) is 9.71. The molecule has 1 amide bonds. The van der Waals surface area contributed by atoms with Gasteiger partial charge in [0, 0.05) is 24.0 Å². The lowest BCUT2D eigenvalue weighted by Crippen LogP contribution is -2.40. The Hall–Kier alpha value is -0.840. The Labute approximate surface area is 90.4 Å². The van der Waals surface area contributed by atoms with E-state index in [1.807, 2.05) is 0 Å². The molecule has 1 unspecified atom stereocenters. The highest BCUT2D eigenvalue weighted by molar-refractivity contribution is 9.09. The molecule has 1 aliphatic rings. The van der Waals surface area contributed by atoms with Gasteiger partial charge in [-0.05, 0) is 12.8 Å². The van der Waals surface area contributed by atoms with Crippen LogP contribution in [0.3, 0.4) is 0 Å². The van der Waals surface area contributed by atoms with Gasteiger partial charge in [-0.1, -0.05) is 21.1 Å². The maximum atomic E-state index is 11.8. The van der Waals surface area contributed by atoms with Gasteiger partial charge >= 0.3 is 0 Å². The van der Waals surface area contributed by atoms with Gasteiger partial charge in [0.05, 0.1) is 0 Å². The summed E-state index contributed by atoms with van der Waals surface area (Å²) in [5.74, 6) is -0.0390. The van der Waals surface area contributed by atoms with Gasteiger partial charge in [-0.15, -0.1) is 0 Å². The minimum atomic E-state index is -0.0390.